The second-order valence-electron chi connectivity index (χ2n) is 7.96. The summed E-state index contributed by atoms with van der Waals surface area (Å²) in [7, 11) is 0. The van der Waals surface area contributed by atoms with E-state index in [2.05, 4.69) is 23.9 Å². The molecule has 0 unspecified atom stereocenters. The number of rotatable bonds is 3. The van der Waals surface area contributed by atoms with Gasteiger partial charge in [-0.2, -0.15) is 5.10 Å². The summed E-state index contributed by atoms with van der Waals surface area (Å²) < 4.78 is 1.91. The Kier molecular flexibility index (Phi) is 3.78. The molecular weight excluding hydrogens is 334 g/mol. The molecule has 26 heavy (non-hydrogen) atoms. The fourth-order valence-electron chi connectivity index (χ4n) is 3.79. The van der Waals surface area contributed by atoms with Crippen molar-refractivity contribution in [1.29, 1.82) is 0 Å². The van der Waals surface area contributed by atoms with E-state index in [1.54, 1.807) is 23.5 Å². The van der Waals surface area contributed by atoms with E-state index in [0.29, 0.717) is 19.5 Å². The van der Waals surface area contributed by atoms with Gasteiger partial charge in [0.1, 0.15) is 5.92 Å². The fourth-order valence-corrected chi connectivity index (χ4v) is 3.79. The van der Waals surface area contributed by atoms with E-state index in [1.807, 2.05) is 16.8 Å². The number of amides is 1. The SMILES string of the molecule is CC1(C)Cc2c(cnn2-c2ccncc2)CN(C(=O)[C@@H]2C[C@H]2[N+](=O)[O-])C1. The van der Waals surface area contributed by atoms with Crippen LogP contribution in [0.4, 0.5) is 0 Å². The van der Waals surface area contributed by atoms with Gasteiger partial charge in [0.05, 0.1) is 11.9 Å². The van der Waals surface area contributed by atoms with Crippen LogP contribution in [0.1, 0.15) is 31.5 Å². The molecule has 0 bridgehead atoms. The first-order chi connectivity index (χ1) is 12.4. The lowest BCUT2D eigenvalue weighted by Crippen LogP contribution is -2.39. The molecule has 3 heterocycles. The lowest BCUT2D eigenvalue weighted by Gasteiger charge is -2.29. The Morgan fingerprint density at radius 1 is 1.35 bits per heavy atom. The third kappa shape index (κ3) is 2.95. The van der Waals surface area contributed by atoms with E-state index in [9.17, 15) is 14.9 Å². The molecule has 0 saturated heterocycles. The number of nitrogens with zero attached hydrogens (tertiary/aromatic N) is 5. The molecule has 8 heteroatoms. The van der Waals surface area contributed by atoms with Crippen LogP contribution in [0.3, 0.4) is 0 Å². The van der Waals surface area contributed by atoms with Crippen molar-refractivity contribution in [2.45, 2.75) is 39.3 Å². The van der Waals surface area contributed by atoms with E-state index in [-0.39, 0.29) is 16.2 Å². The average molecular weight is 355 g/mol. The van der Waals surface area contributed by atoms with Crippen molar-refractivity contribution in [2.75, 3.05) is 6.54 Å². The quantitative estimate of drug-likeness (QED) is 0.618. The largest absolute Gasteiger partial charge is 0.337 e. The normalized spacial score (nSPS) is 23.8. The summed E-state index contributed by atoms with van der Waals surface area (Å²) in [5, 5.41) is 15.4. The molecule has 2 atom stereocenters. The van der Waals surface area contributed by atoms with E-state index < -0.39 is 12.0 Å². The number of carbonyl (C=O) groups excluding carboxylic acids is 1. The van der Waals surface area contributed by atoms with Crippen molar-refractivity contribution >= 4 is 5.91 Å². The van der Waals surface area contributed by atoms with Gasteiger partial charge in [0.25, 0.3) is 0 Å². The lowest BCUT2D eigenvalue weighted by atomic mass is 9.87. The summed E-state index contributed by atoms with van der Waals surface area (Å²) in [5.41, 5.74) is 2.87. The van der Waals surface area contributed by atoms with Gasteiger partial charge in [0.15, 0.2) is 0 Å². The highest BCUT2D eigenvalue weighted by atomic mass is 16.6. The number of pyridine rings is 1. The molecule has 1 fully saturated rings. The third-order valence-electron chi connectivity index (χ3n) is 5.15. The Morgan fingerprint density at radius 2 is 2.08 bits per heavy atom. The molecule has 136 valence electrons. The molecule has 8 nitrogen and oxygen atoms in total. The number of carbonyl (C=O) groups is 1. The lowest BCUT2D eigenvalue weighted by molar-refractivity contribution is -0.497. The first-order valence-electron chi connectivity index (χ1n) is 8.74. The van der Waals surface area contributed by atoms with Crippen LogP contribution in [0.2, 0.25) is 0 Å². The van der Waals surface area contributed by atoms with Crippen LogP contribution < -0.4 is 0 Å². The van der Waals surface area contributed by atoms with E-state index in [1.165, 1.54) is 0 Å². The molecule has 1 aliphatic heterocycles. The summed E-state index contributed by atoms with van der Waals surface area (Å²) in [6.07, 6.45) is 6.39. The molecule has 0 aromatic carbocycles. The predicted molar refractivity (Wildman–Crippen MR) is 93.2 cm³/mol. The first-order valence-corrected chi connectivity index (χ1v) is 8.74. The summed E-state index contributed by atoms with van der Waals surface area (Å²) >= 11 is 0. The number of nitro groups is 1. The van der Waals surface area contributed by atoms with Crippen LogP contribution in [-0.2, 0) is 17.8 Å². The third-order valence-corrected chi connectivity index (χ3v) is 5.15. The Morgan fingerprint density at radius 3 is 2.73 bits per heavy atom. The van der Waals surface area contributed by atoms with Crippen LogP contribution in [-0.4, -0.2) is 43.1 Å². The van der Waals surface area contributed by atoms with Crippen LogP contribution in [0.5, 0.6) is 0 Å². The van der Waals surface area contributed by atoms with Crippen LogP contribution in [0, 0.1) is 21.4 Å². The topological polar surface area (TPSA) is 94.2 Å². The summed E-state index contributed by atoms with van der Waals surface area (Å²) in [6.45, 7) is 5.26. The molecule has 1 amide bonds. The predicted octanol–water partition coefficient (Wildman–Crippen LogP) is 1.84. The van der Waals surface area contributed by atoms with E-state index in [0.717, 1.165) is 23.4 Å². The zero-order chi connectivity index (χ0) is 18.5. The van der Waals surface area contributed by atoms with Crippen LogP contribution in [0.25, 0.3) is 5.69 Å². The minimum atomic E-state index is -0.715. The monoisotopic (exact) mass is 355 g/mol. The van der Waals surface area contributed by atoms with Gasteiger partial charge in [-0.15, -0.1) is 0 Å². The zero-order valence-electron chi connectivity index (χ0n) is 14.8. The van der Waals surface area contributed by atoms with Gasteiger partial charge in [0.2, 0.25) is 11.9 Å². The van der Waals surface area contributed by atoms with Gasteiger partial charge in [-0.25, -0.2) is 4.68 Å². The van der Waals surface area contributed by atoms with Gasteiger partial charge in [-0.05, 0) is 24.0 Å². The molecular formula is C18H21N5O3. The molecule has 2 aliphatic rings. The fraction of sp³-hybridized carbons (Fsp3) is 0.500. The Labute approximate surface area is 151 Å². The summed E-state index contributed by atoms with van der Waals surface area (Å²) in [5.74, 6) is -0.582. The maximum absolute atomic E-state index is 12.8. The number of hydrogen-bond donors (Lipinski definition) is 0. The highest BCUT2D eigenvalue weighted by molar-refractivity contribution is 5.82. The minimum Gasteiger partial charge on any atom is -0.337 e. The van der Waals surface area contributed by atoms with Crippen molar-refractivity contribution in [2.24, 2.45) is 11.3 Å². The molecule has 1 aliphatic carbocycles. The van der Waals surface area contributed by atoms with Gasteiger partial charge in [0, 0.05) is 48.1 Å². The smallest absolute Gasteiger partial charge is 0.233 e. The van der Waals surface area contributed by atoms with Gasteiger partial charge in [-0.3, -0.25) is 19.9 Å². The van der Waals surface area contributed by atoms with Crippen molar-refractivity contribution in [3.05, 3.63) is 52.1 Å². The summed E-state index contributed by atoms with van der Waals surface area (Å²) in [4.78, 5) is 29.2. The first kappa shape index (κ1) is 16.7. The van der Waals surface area contributed by atoms with Gasteiger partial charge >= 0.3 is 0 Å². The number of fused-ring (bicyclic) bond motifs is 1. The van der Waals surface area contributed by atoms with Crippen molar-refractivity contribution in [3.8, 4) is 5.69 Å². The second-order valence-corrected chi connectivity index (χ2v) is 7.96. The van der Waals surface area contributed by atoms with Crippen molar-refractivity contribution in [3.63, 3.8) is 0 Å². The van der Waals surface area contributed by atoms with E-state index >= 15 is 0 Å². The molecule has 0 spiro atoms. The zero-order valence-corrected chi connectivity index (χ0v) is 14.8. The van der Waals surface area contributed by atoms with Gasteiger partial charge in [-0.1, -0.05) is 13.8 Å². The highest BCUT2D eigenvalue weighted by Gasteiger charge is 2.55. The number of aromatic nitrogens is 3. The second kappa shape index (κ2) is 5.89. The molecule has 0 radical (unpaired) electrons. The maximum atomic E-state index is 12.8. The summed E-state index contributed by atoms with van der Waals surface area (Å²) in [6, 6.07) is 3.09. The molecule has 2 aromatic heterocycles. The van der Waals surface area contributed by atoms with Crippen molar-refractivity contribution in [1.82, 2.24) is 19.7 Å². The number of hydrogen-bond acceptors (Lipinski definition) is 5. The Balaban J connectivity index is 1.64. The van der Waals surface area contributed by atoms with Crippen LogP contribution in [0.15, 0.2) is 30.7 Å². The molecule has 1 saturated carbocycles. The standard InChI is InChI=1S/C18H21N5O3/c1-18(2)8-16-12(9-20-22(16)13-3-5-19-6-4-13)10-21(11-18)17(24)14-7-15(14)23(25)26/h3-6,9,14-15H,7-8,10-11H2,1-2H3/t14-,15-/m1/s1. The Hall–Kier alpha value is -2.77. The molecule has 2 aromatic rings. The van der Waals surface area contributed by atoms with Gasteiger partial charge < -0.3 is 4.90 Å². The van der Waals surface area contributed by atoms with Crippen LogP contribution >= 0.6 is 0 Å². The highest BCUT2D eigenvalue weighted by Crippen LogP contribution is 2.38. The van der Waals surface area contributed by atoms with E-state index in [4.69, 9.17) is 0 Å². The maximum Gasteiger partial charge on any atom is 0.233 e. The van der Waals surface area contributed by atoms with Crippen molar-refractivity contribution < 1.29 is 9.72 Å². The average Bonchev–Trinajstić information content (AvgIpc) is 3.34. The molecule has 4 rings (SSSR count). The Bertz CT molecular complexity index is 861. The minimum absolute atomic E-state index is 0.107. The molecule has 0 N–H and O–H groups in total.